The Labute approximate surface area is 126 Å². The lowest BCUT2D eigenvalue weighted by Crippen LogP contribution is -2.41. The van der Waals surface area contributed by atoms with Crippen LogP contribution in [0.15, 0.2) is 5.38 Å². The molecule has 116 valence electrons. The molecule has 1 aromatic rings. The summed E-state index contributed by atoms with van der Waals surface area (Å²) in [5.41, 5.74) is 0.0985. The summed E-state index contributed by atoms with van der Waals surface area (Å²) in [4.78, 5) is 38.3. The van der Waals surface area contributed by atoms with Gasteiger partial charge in [-0.05, 0) is 12.3 Å². The number of carbonyl (C=O) groups is 3. The van der Waals surface area contributed by atoms with Crippen LogP contribution in [0.2, 0.25) is 0 Å². The molecule has 2 amide bonds. The third-order valence-electron chi connectivity index (χ3n) is 2.61. The van der Waals surface area contributed by atoms with E-state index in [0.29, 0.717) is 18.0 Å². The molecule has 0 saturated carbocycles. The van der Waals surface area contributed by atoms with Crippen LogP contribution in [0.25, 0.3) is 0 Å². The maximum atomic E-state index is 12.0. The molecule has 1 aromatic heterocycles. The number of hydrogen-bond acceptors (Lipinski definition) is 5. The molecular formula is C13H19N3O4S. The molecule has 1 rings (SSSR count). The minimum atomic E-state index is -1.08. The fourth-order valence-corrected chi connectivity index (χ4v) is 2.27. The predicted octanol–water partition coefficient (Wildman–Crippen LogP) is 1.72. The van der Waals surface area contributed by atoms with E-state index in [4.69, 9.17) is 5.11 Å². The highest BCUT2D eigenvalue weighted by Crippen LogP contribution is 2.16. The van der Waals surface area contributed by atoms with Gasteiger partial charge < -0.3 is 15.7 Å². The number of anilines is 1. The molecule has 1 atom stereocenters. The largest absolute Gasteiger partial charge is 0.480 e. The number of nitrogens with zero attached hydrogens (tertiary/aromatic N) is 1. The lowest BCUT2D eigenvalue weighted by molar-refractivity contribution is -0.139. The van der Waals surface area contributed by atoms with E-state index in [2.05, 4.69) is 15.6 Å². The van der Waals surface area contributed by atoms with Crippen molar-refractivity contribution in [1.29, 1.82) is 0 Å². The molecule has 0 spiro atoms. The van der Waals surface area contributed by atoms with Crippen LogP contribution in [0.5, 0.6) is 0 Å². The maximum absolute atomic E-state index is 12.0. The maximum Gasteiger partial charge on any atom is 0.326 e. The molecule has 0 aliphatic rings. The van der Waals surface area contributed by atoms with Crippen LogP contribution in [0.1, 0.15) is 44.1 Å². The van der Waals surface area contributed by atoms with Gasteiger partial charge in [-0.3, -0.25) is 9.59 Å². The first-order chi connectivity index (χ1) is 9.83. The molecule has 0 radical (unpaired) electrons. The number of carboxylic acids is 1. The fourth-order valence-electron chi connectivity index (χ4n) is 1.57. The lowest BCUT2D eigenvalue weighted by Gasteiger charge is -2.15. The lowest BCUT2D eigenvalue weighted by atomic mass is 10.0. The van der Waals surface area contributed by atoms with Gasteiger partial charge in [-0.15, -0.1) is 11.3 Å². The number of thiazole rings is 1. The average Bonchev–Trinajstić information content (AvgIpc) is 2.85. The number of nitrogens with one attached hydrogen (secondary N) is 2. The molecular weight excluding hydrogens is 294 g/mol. The van der Waals surface area contributed by atoms with Gasteiger partial charge >= 0.3 is 5.97 Å². The van der Waals surface area contributed by atoms with Gasteiger partial charge in [-0.2, -0.15) is 0 Å². The van der Waals surface area contributed by atoms with E-state index in [1.807, 2.05) is 13.8 Å². The number of rotatable bonds is 7. The van der Waals surface area contributed by atoms with Crippen molar-refractivity contribution in [2.45, 2.75) is 39.7 Å². The van der Waals surface area contributed by atoms with Crippen molar-refractivity contribution in [2.75, 3.05) is 5.32 Å². The van der Waals surface area contributed by atoms with Gasteiger partial charge in [0.1, 0.15) is 11.7 Å². The van der Waals surface area contributed by atoms with E-state index in [0.717, 1.165) is 11.3 Å². The summed E-state index contributed by atoms with van der Waals surface area (Å²) >= 11 is 1.12. The van der Waals surface area contributed by atoms with Crippen molar-refractivity contribution in [3.63, 3.8) is 0 Å². The quantitative estimate of drug-likeness (QED) is 0.710. The summed E-state index contributed by atoms with van der Waals surface area (Å²) in [6, 6.07) is -0.951. The van der Waals surface area contributed by atoms with E-state index < -0.39 is 17.9 Å². The van der Waals surface area contributed by atoms with Gasteiger partial charge in [0.2, 0.25) is 5.91 Å². The van der Waals surface area contributed by atoms with Gasteiger partial charge in [-0.25, -0.2) is 9.78 Å². The van der Waals surface area contributed by atoms with Crippen molar-refractivity contribution in [3.05, 3.63) is 11.1 Å². The standard InChI is InChI=1S/C13H19N3O4S/c1-4-10(17)16-13-15-9(6-21-13)11(18)14-8(12(19)20)5-7(2)3/h6-8H,4-5H2,1-3H3,(H,14,18)(H,19,20)(H,15,16,17). The Morgan fingerprint density at radius 1 is 1.38 bits per heavy atom. The fraction of sp³-hybridized carbons (Fsp3) is 0.538. The van der Waals surface area contributed by atoms with Crippen molar-refractivity contribution in [1.82, 2.24) is 10.3 Å². The van der Waals surface area contributed by atoms with Crippen LogP contribution in [0.4, 0.5) is 5.13 Å². The smallest absolute Gasteiger partial charge is 0.326 e. The van der Waals surface area contributed by atoms with Gasteiger partial charge in [0.15, 0.2) is 5.13 Å². The Bertz CT molecular complexity index is 527. The first-order valence-electron chi connectivity index (χ1n) is 6.62. The second kappa shape index (κ2) is 7.72. The van der Waals surface area contributed by atoms with Crippen molar-refractivity contribution >= 4 is 34.3 Å². The van der Waals surface area contributed by atoms with Gasteiger partial charge in [0, 0.05) is 11.8 Å². The number of aliphatic carboxylic acids is 1. The first kappa shape index (κ1) is 17.1. The third-order valence-corrected chi connectivity index (χ3v) is 3.37. The zero-order valence-electron chi connectivity index (χ0n) is 12.2. The second-order valence-corrected chi connectivity index (χ2v) is 5.79. The predicted molar refractivity (Wildman–Crippen MR) is 79.4 cm³/mol. The number of hydrogen-bond donors (Lipinski definition) is 3. The zero-order valence-corrected chi connectivity index (χ0v) is 13.0. The number of carboxylic acid groups (broad SMARTS) is 1. The summed E-state index contributed by atoms with van der Waals surface area (Å²) in [6.07, 6.45) is 0.654. The minimum absolute atomic E-state index is 0.0985. The Balaban J connectivity index is 2.70. The molecule has 0 bridgehead atoms. The number of amides is 2. The molecule has 1 unspecified atom stereocenters. The van der Waals surface area contributed by atoms with E-state index in [-0.39, 0.29) is 17.5 Å². The van der Waals surface area contributed by atoms with Crippen LogP contribution in [-0.2, 0) is 9.59 Å². The van der Waals surface area contributed by atoms with Crippen LogP contribution >= 0.6 is 11.3 Å². The van der Waals surface area contributed by atoms with Crippen molar-refractivity contribution in [3.8, 4) is 0 Å². The van der Waals surface area contributed by atoms with Gasteiger partial charge in [-0.1, -0.05) is 20.8 Å². The summed E-state index contributed by atoms with van der Waals surface area (Å²) in [7, 11) is 0. The molecule has 21 heavy (non-hydrogen) atoms. The summed E-state index contributed by atoms with van der Waals surface area (Å²) in [6.45, 7) is 5.46. The molecule has 0 aromatic carbocycles. The summed E-state index contributed by atoms with van der Waals surface area (Å²) in [5.74, 6) is -1.69. The van der Waals surface area contributed by atoms with Crippen molar-refractivity contribution in [2.24, 2.45) is 5.92 Å². The number of carbonyl (C=O) groups excluding carboxylic acids is 2. The SMILES string of the molecule is CCC(=O)Nc1nc(C(=O)NC(CC(C)C)C(=O)O)cs1. The topological polar surface area (TPSA) is 108 Å². The van der Waals surface area contributed by atoms with Gasteiger partial charge in [0.05, 0.1) is 0 Å². The Hall–Kier alpha value is -1.96. The van der Waals surface area contributed by atoms with E-state index in [1.54, 1.807) is 6.92 Å². The van der Waals surface area contributed by atoms with Crippen LogP contribution < -0.4 is 10.6 Å². The second-order valence-electron chi connectivity index (χ2n) is 4.93. The molecule has 8 heteroatoms. The summed E-state index contributed by atoms with van der Waals surface area (Å²) in [5, 5.41) is 15.9. The molecule has 7 nitrogen and oxygen atoms in total. The molecule has 3 N–H and O–H groups in total. The van der Waals surface area contributed by atoms with E-state index in [1.165, 1.54) is 5.38 Å². The Morgan fingerprint density at radius 2 is 2.05 bits per heavy atom. The van der Waals surface area contributed by atoms with Crippen LogP contribution in [-0.4, -0.2) is 33.9 Å². The van der Waals surface area contributed by atoms with Gasteiger partial charge in [0.25, 0.3) is 5.91 Å². The third kappa shape index (κ3) is 5.50. The highest BCUT2D eigenvalue weighted by Gasteiger charge is 2.23. The molecule has 0 fully saturated rings. The number of aromatic nitrogens is 1. The van der Waals surface area contributed by atoms with E-state index >= 15 is 0 Å². The normalized spacial score (nSPS) is 12.0. The molecule has 0 aliphatic heterocycles. The van der Waals surface area contributed by atoms with E-state index in [9.17, 15) is 14.4 Å². The average molecular weight is 313 g/mol. The Morgan fingerprint density at radius 3 is 2.57 bits per heavy atom. The van der Waals surface area contributed by atoms with Crippen LogP contribution in [0, 0.1) is 5.92 Å². The highest BCUT2D eigenvalue weighted by atomic mass is 32.1. The van der Waals surface area contributed by atoms with Crippen molar-refractivity contribution < 1.29 is 19.5 Å². The van der Waals surface area contributed by atoms with Crippen LogP contribution in [0.3, 0.4) is 0 Å². The molecule has 1 heterocycles. The minimum Gasteiger partial charge on any atom is -0.480 e. The first-order valence-corrected chi connectivity index (χ1v) is 7.50. The molecule has 0 aliphatic carbocycles. The highest BCUT2D eigenvalue weighted by molar-refractivity contribution is 7.14. The Kier molecular flexibility index (Phi) is 6.29. The molecule has 0 saturated heterocycles. The summed E-state index contributed by atoms with van der Waals surface area (Å²) < 4.78 is 0. The monoisotopic (exact) mass is 313 g/mol. The zero-order chi connectivity index (χ0) is 16.0.